The number of anilines is 1. The van der Waals surface area contributed by atoms with E-state index in [1.807, 2.05) is 25.1 Å². The van der Waals surface area contributed by atoms with Gasteiger partial charge in [-0.3, -0.25) is 9.59 Å². The topological polar surface area (TPSA) is 134 Å². The molecular weight excluding hydrogens is 488 g/mol. The second kappa shape index (κ2) is 12.0. The highest BCUT2D eigenvalue weighted by Gasteiger charge is 2.37. The number of rotatable bonds is 7. The summed E-state index contributed by atoms with van der Waals surface area (Å²) in [7, 11) is 3.72. The molecule has 0 saturated heterocycles. The molecule has 2 aromatic heterocycles. The van der Waals surface area contributed by atoms with Crippen molar-refractivity contribution < 1.29 is 29.0 Å². The Morgan fingerprint density at radius 2 is 1.97 bits per heavy atom. The van der Waals surface area contributed by atoms with Crippen LogP contribution in [0.1, 0.15) is 12.5 Å². The predicted octanol–water partition coefficient (Wildman–Crippen LogP) is 3.68. The average Bonchev–Trinajstić information content (AvgIpc) is 3.36. The van der Waals surface area contributed by atoms with Crippen molar-refractivity contribution in [1.82, 2.24) is 14.9 Å². The molecule has 4 rings (SSSR count). The highest BCUT2D eigenvalue weighted by Crippen LogP contribution is 2.32. The molecule has 10 nitrogen and oxygen atoms in total. The number of nitrogens with zero attached hydrogens (tertiary/aromatic N) is 2. The van der Waals surface area contributed by atoms with Crippen LogP contribution in [0.2, 0.25) is 5.02 Å². The normalized spacial score (nSPS) is 14.0. The van der Waals surface area contributed by atoms with Gasteiger partial charge in [-0.15, -0.1) is 0 Å². The summed E-state index contributed by atoms with van der Waals surface area (Å²) in [5.74, 6) is -2.21. The summed E-state index contributed by atoms with van der Waals surface area (Å²) in [5.41, 5.74) is 1.66. The molecule has 3 N–H and O–H groups in total. The first-order chi connectivity index (χ1) is 17.2. The Hall–Kier alpha value is -4.15. The van der Waals surface area contributed by atoms with Crippen LogP contribution in [-0.4, -0.2) is 64.9 Å². The zero-order valence-corrected chi connectivity index (χ0v) is 20.6. The number of aromatic amines is 1. The summed E-state index contributed by atoms with van der Waals surface area (Å²) in [6.45, 7) is 1.74. The minimum atomic E-state index is -0.833. The van der Waals surface area contributed by atoms with E-state index >= 15 is 0 Å². The second-order valence-corrected chi connectivity index (χ2v) is 8.26. The number of halogens is 1. The Morgan fingerprint density at radius 3 is 2.67 bits per heavy atom. The van der Waals surface area contributed by atoms with Crippen molar-refractivity contribution in [2.75, 3.05) is 32.6 Å². The number of allylic oxidation sites excluding steroid dienone is 1. The highest BCUT2D eigenvalue weighted by molar-refractivity contribution is 6.33. The number of hydrogen-bond donors (Lipinski definition) is 3. The van der Waals surface area contributed by atoms with Gasteiger partial charge in [-0.05, 0) is 44.4 Å². The van der Waals surface area contributed by atoms with Gasteiger partial charge >= 0.3 is 5.97 Å². The maximum absolute atomic E-state index is 13.1. The molecule has 3 heterocycles. The lowest BCUT2D eigenvalue weighted by molar-refractivity contribution is -0.140. The number of fused-ring (bicyclic) bond motifs is 1. The molecule has 0 unspecified atom stereocenters. The number of carboxylic acid groups (broad SMARTS) is 1. The summed E-state index contributed by atoms with van der Waals surface area (Å²) in [6, 6.07) is 10.6. The van der Waals surface area contributed by atoms with Gasteiger partial charge < -0.3 is 29.8 Å². The standard InChI is InChI=1S/C23H21ClN4O4.C2H4O2/c1-28(2)10-11-31-23(30)19-20(29)18(12-14-13-26-21-15(14)6-5-9-25-21)32-22(19)27-17-8-4-3-7-16(17)24;1-2(3)4/h3-9,12-13,27H,10-11H2,1-2H3,(H,25,26);1H3,(H,3,4). The predicted molar refractivity (Wildman–Crippen MR) is 135 cm³/mol. The number of carboxylic acids is 1. The van der Waals surface area contributed by atoms with Crippen LogP contribution in [-0.2, 0) is 23.9 Å². The minimum Gasteiger partial charge on any atom is -0.481 e. The van der Waals surface area contributed by atoms with Gasteiger partial charge in [-0.25, -0.2) is 9.78 Å². The molecule has 0 radical (unpaired) electrons. The zero-order valence-electron chi connectivity index (χ0n) is 19.9. The number of likely N-dealkylation sites (N-methyl/N-ethyl adjacent to an activating group) is 1. The van der Waals surface area contributed by atoms with Gasteiger partial charge in [0.15, 0.2) is 11.3 Å². The van der Waals surface area contributed by atoms with E-state index < -0.39 is 17.7 Å². The van der Waals surface area contributed by atoms with Gasteiger partial charge in [0.05, 0.1) is 10.7 Å². The Balaban J connectivity index is 0.000000840. The maximum Gasteiger partial charge on any atom is 0.347 e. The molecule has 36 heavy (non-hydrogen) atoms. The molecule has 0 saturated carbocycles. The number of Topliss-reactive ketones (excluding diaryl/α,β-unsaturated/α-hetero) is 1. The van der Waals surface area contributed by atoms with Crippen molar-refractivity contribution in [1.29, 1.82) is 0 Å². The Bertz CT molecular complexity index is 1340. The van der Waals surface area contributed by atoms with Crippen molar-refractivity contribution in [3.05, 3.63) is 76.6 Å². The first kappa shape index (κ1) is 26.5. The van der Waals surface area contributed by atoms with Crippen LogP contribution >= 0.6 is 11.6 Å². The number of H-pyrrole nitrogens is 1. The van der Waals surface area contributed by atoms with Crippen LogP contribution in [0.25, 0.3) is 17.1 Å². The molecule has 11 heteroatoms. The minimum absolute atomic E-state index is 0.0103. The van der Waals surface area contributed by atoms with Crippen molar-refractivity contribution >= 4 is 52.1 Å². The molecule has 0 spiro atoms. The lowest BCUT2D eigenvalue weighted by Gasteiger charge is -2.11. The first-order valence-corrected chi connectivity index (χ1v) is 11.2. The summed E-state index contributed by atoms with van der Waals surface area (Å²) in [6.07, 6.45) is 4.95. The fourth-order valence-electron chi connectivity index (χ4n) is 3.12. The molecule has 1 aromatic carbocycles. The van der Waals surface area contributed by atoms with E-state index in [0.717, 1.165) is 12.3 Å². The number of aromatic nitrogens is 2. The number of esters is 1. The molecule has 0 fully saturated rings. The first-order valence-electron chi connectivity index (χ1n) is 10.8. The van der Waals surface area contributed by atoms with Gasteiger partial charge in [0.25, 0.3) is 5.97 Å². The van der Waals surface area contributed by atoms with E-state index in [-0.39, 0.29) is 23.8 Å². The van der Waals surface area contributed by atoms with Crippen LogP contribution in [0.15, 0.2) is 66.0 Å². The van der Waals surface area contributed by atoms with E-state index in [4.69, 9.17) is 31.0 Å². The maximum atomic E-state index is 13.1. The molecule has 1 aliphatic heterocycles. The third-order valence-electron chi connectivity index (χ3n) is 4.76. The molecule has 0 bridgehead atoms. The van der Waals surface area contributed by atoms with Crippen LogP contribution in [0, 0.1) is 0 Å². The lowest BCUT2D eigenvalue weighted by atomic mass is 10.1. The van der Waals surface area contributed by atoms with Gasteiger partial charge in [0, 0.05) is 36.8 Å². The highest BCUT2D eigenvalue weighted by atomic mass is 35.5. The van der Waals surface area contributed by atoms with E-state index in [9.17, 15) is 9.59 Å². The number of ketones is 1. The summed E-state index contributed by atoms with van der Waals surface area (Å²) < 4.78 is 11.1. The molecular formula is C25H25ClN4O6. The summed E-state index contributed by atoms with van der Waals surface area (Å²) >= 11 is 6.23. The third kappa shape index (κ3) is 6.71. The smallest absolute Gasteiger partial charge is 0.347 e. The number of ether oxygens (including phenoxy) is 2. The van der Waals surface area contributed by atoms with Crippen molar-refractivity contribution in [2.45, 2.75) is 6.92 Å². The number of nitrogens with one attached hydrogen (secondary N) is 2. The largest absolute Gasteiger partial charge is 0.481 e. The number of carbonyl (C=O) groups is 3. The van der Waals surface area contributed by atoms with E-state index in [0.29, 0.717) is 28.5 Å². The van der Waals surface area contributed by atoms with E-state index in [1.54, 1.807) is 48.8 Å². The molecule has 3 aromatic rings. The van der Waals surface area contributed by atoms with Gasteiger partial charge in [0.1, 0.15) is 12.3 Å². The molecule has 0 amide bonds. The van der Waals surface area contributed by atoms with E-state index in [1.165, 1.54) is 0 Å². The van der Waals surface area contributed by atoms with Crippen LogP contribution < -0.4 is 5.32 Å². The quantitative estimate of drug-likeness (QED) is 0.246. The fourth-order valence-corrected chi connectivity index (χ4v) is 3.30. The second-order valence-electron chi connectivity index (χ2n) is 7.85. The van der Waals surface area contributed by atoms with Gasteiger partial charge in [-0.2, -0.15) is 0 Å². The summed E-state index contributed by atoms with van der Waals surface area (Å²) in [5, 5.41) is 11.6. The molecule has 0 atom stereocenters. The van der Waals surface area contributed by atoms with Crippen LogP contribution in [0.5, 0.6) is 0 Å². The van der Waals surface area contributed by atoms with Crippen LogP contribution in [0.4, 0.5) is 5.69 Å². The van der Waals surface area contributed by atoms with Crippen molar-refractivity contribution in [2.24, 2.45) is 0 Å². The fraction of sp³-hybridized carbons (Fsp3) is 0.200. The molecule has 1 aliphatic rings. The van der Waals surface area contributed by atoms with Gasteiger partial charge in [-0.1, -0.05) is 23.7 Å². The van der Waals surface area contributed by atoms with Crippen molar-refractivity contribution in [3.8, 4) is 0 Å². The molecule has 188 valence electrons. The Kier molecular flexibility index (Phi) is 8.82. The van der Waals surface area contributed by atoms with Crippen LogP contribution in [0.3, 0.4) is 0 Å². The number of para-hydroxylation sites is 1. The molecule has 0 aliphatic carbocycles. The average molecular weight is 513 g/mol. The number of aliphatic carboxylic acids is 1. The third-order valence-corrected chi connectivity index (χ3v) is 5.09. The number of hydrogen-bond acceptors (Lipinski definition) is 8. The monoisotopic (exact) mass is 512 g/mol. The number of pyridine rings is 1. The zero-order chi connectivity index (χ0) is 26.2. The lowest BCUT2D eigenvalue weighted by Crippen LogP contribution is -2.23. The SMILES string of the molecule is CC(=O)O.CN(C)CCOC(=O)C1=C(Nc2ccccc2Cl)OC(=Cc2c[nH]c3ncccc23)C1=O. The van der Waals surface area contributed by atoms with E-state index in [2.05, 4.69) is 15.3 Å². The summed E-state index contributed by atoms with van der Waals surface area (Å²) in [4.78, 5) is 44.1. The number of benzene rings is 1. The Morgan fingerprint density at radius 1 is 1.25 bits per heavy atom. The Labute approximate surface area is 212 Å². The number of carbonyl (C=O) groups excluding carboxylic acids is 2. The van der Waals surface area contributed by atoms with Crippen molar-refractivity contribution in [3.63, 3.8) is 0 Å². The van der Waals surface area contributed by atoms with Gasteiger partial charge in [0.2, 0.25) is 11.7 Å².